The molecular weight excluding hydrogens is 246 g/mol. The second kappa shape index (κ2) is 15.7. The molecule has 0 aromatic carbocycles. The highest BCUT2D eigenvalue weighted by Gasteiger charge is 1.96. The van der Waals surface area contributed by atoms with Gasteiger partial charge in [-0.15, -0.1) is 0 Å². The molecular formula is C10H26O4P2. The predicted molar refractivity (Wildman–Crippen MR) is 72.2 cm³/mol. The van der Waals surface area contributed by atoms with Crippen LogP contribution in [0.3, 0.4) is 0 Å². The molecule has 6 heteroatoms. The molecule has 0 amide bonds. The van der Waals surface area contributed by atoms with E-state index >= 15 is 0 Å². The molecule has 0 aliphatic rings. The Morgan fingerprint density at radius 2 is 0.750 bits per heavy atom. The maximum absolute atomic E-state index is 5.12. The molecule has 0 N–H and O–H groups in total. The molecule has 0 heterocycles. The molecule has 4 nitrogen and oxygen atoms in total. The molecule has 0 fully saturated rings. The van der Waals surface area contributed by atoms with Crippen LogP contribution in [0.1, 0.15) is 27.7 Å². The highest BCUT2D eigenvalue weighted by Crippen LogP contribution is 2.32. The van der Waals surface area contributed by atoms with E-state index in [1.54, 1.807) is 0 Å². The van der Waals surface area contributed by atoms with Gasteiger partial charge >= 0.3 is 0 Å². The van der Waals surface area contributed by atoms with Crippen LogP contribution < -0.4 is 0 Å². The average molecular weight is 272 g/mol. The molecule has 0 unspecified atom stereocenters. The van der Waals surface area contributed by atoms with E-state index in [4.69, 9.17) is 18.1 Å². The van der Waals surface area contributed by atoms with Crippen LogP contribution in [0.25, 0.3) is 0 Å². The quantitative estimate of drug-likeness (QED) is 0.626. The lowest BCUT2D eigenvalue weighted by atomic mass is 10.9. The topological polar surface area (TPSA) is 36.9 Å². The molecule has 0 aliphatic heterocycles. The van der Waals surface area contributed by atoms with Gasteiger partial charge in [-0.25, -0.2) is 0 Å². The Hall–Kier alpha value is 0.700. The molecule has 16 heavy (non-hydrogen) atoms. The minimum Gasteiger partial charge on any atom is -0.335 e. The summed E-state index contributed by atoms with van der Waals surface area (Å²) in [6, 6.07) is 0. The monoisotopic (exact) mass is 272 g/mol. The summed E-state index contributed by atoms with van der Waals surface area (Å²) in [5.74, 6) is 0. The highest BCUT2D eigenvalue weighted by molar-refractivity contribution is 7.46. The second-order valence-electron chi connectivity index (χ2n) is 2.55. The Morgan fingerprint density at radius 3 is 0.875 bits per heavy atom. The minimum absolute atomic E-state index is 0.581. The van der Waals surface area contributed by atoms with Crippen LogP contribution in [0.15, 0.2) is 0 Å². The van der Waals surface area contributed by atoms with Crippen molar-refractivity contribution in [2.45, 2.75) is 27.7 Å². The van der Waals surface area contributed by atoms with E-state index in [0.717, 1.165) is 26.4 Å². The Balaban J connectivity index is 0. The number of hydrogen-bond donors (Lipinski definition) is 0. The van der Waals surface area contributed by atoms with Gasteiger partial charge in [0.1, 0.15) is 0 Å². The van der Waals surface area contributed by atoms with Crippen molar-refractivity contribution < 1.29 is 18.1 Å². The van der Waals surface area contributed by atoms with E-state index in [0.29, 0.717) is 0 Å². The van der Waals surface area contributed by atoms with E-state index in [1.807, 2.05) is 41.0 Å². The fourth-order valence-corrected chi connectivity index (χ4v) is 2.41. The second-order valence-corrected chi connectivity index (χ2v) is 5.34. The summed E-state index contributed by atoms with van der Waals surface area (Å²) in [4.78, 5) is 0. The fraction of sp³-hybridized carbons (Fsp3) is 1.00. The number of rotatable bonds is 8. The van der Waals surface area contributed by atoms with Crippen LogP contribution in [0.5, 0.6) is 0 Å². The van der Waals surface area contributed by atoms with Gasteiger partial charge in [0.2, 0.25) is 0 Å². The third kappa shape index (κ3) is 17.1. The molecule has 0 saturated carbocycles. The van der Waals surface area contributed by atoms with Gasteiger partial charge in [0, 0.05) is 13.3 Å². The third-order valence-corrected chi connectivity index (χ3v) is 3.73. The first-order valence-corrected chi connectivity index (χ1v) is 8.86. The summed E-state index contributed by atoms with van der Waals surface area (Å²) in [6.45, 7) is 14.8. The minimum atomic E-state index is -0.581. The first-order valence-electron chi connectivity index (χ1n) is 5.61. The SMILES string of the molecule is CCOP(C)OCC.CCOP(C)OCC. The van der Waals surface area contributed by atoms with Gasteiger partial charge in [-0.05, 0) is 27.7 Å². The Labute approximate surface area is 103 Å². The van der Waals surface area contributed by atoms with Crippen molar-refractivity contribution in [2.24, 2.45) is 0 Å². The molecule has 0 aromatic heterocycles. The Morgan fingerprint density at radius 1 is 0.562 bits per heavy atom. The van der Waals surface area contributed by atoms with Gasteiger partial charge < -0.3 is 18.1 Å². The van der Waals surface area contributed by atoms with Crippen molar-refractivity contribution in [2.75, 3.05) is 39.8 Å². The lowest BCUT2D eigenvalue weighted by Crippen LogP contribution is -1.87. The molecule has 0 aromatic rings. The van der Waals surface area contributed by atoms with Crippen LogP contribution in [0, 0.1) is 0 Å². The molecule has 0 bridgehead atoms. The van der Waals surface area contributed by atoms with E-state index in [1.165, 1.54) is 0 Å². The Kier molecular flexibility index (Phi) is 18.7. The van der Waals surface area contributed by atoms with Gasteiger partial charge in [-0.1, -0.05) is 0 Å². The molecule has 0 aliphatic carbocycles. The van der Waals surface area contributed by atoms with Crippen molar-refractivity contribution in [1.29, 1.82) is 0 Å². The molecule has 0 radical (unpaired) electrons. The van der Waals surface area contributed by atoms with Gasteiger partial charge in [0.25, 0.3) is 0 Å². The van der Waals surface area contributed by atoms with Crippen molar-refractivity contribution in [3.05, 3.63) is 0 Å². The summed E-state index contributed by atoms with van der Waals surface area (Å²) in [5.41, 5.74) is 0. The predicted octanol–water partition coefficient (Wildman–Crippen LogP) is 4.00. The molecule has 0 saturated heterocycles. The third-order valence-electron chi connectivity index (χ3n) is 1.24. The van der Waals surface area contributed by atoms with Crippen LogP contribution in [0.2, 0.25) is 0 Å². The normalized spacial score (nSPS) is 10.5. The lowest BCUT2D eigenvalue weighted by molar-refractivity contribution is 0.273. The van der Waals surface area contributed by atoms with Gasteiger partial charge in [-0.2, -0.15) is 0 Å². The molecule has 100 valence electrons. The summed E-state index contributed by atoms with van der Waals surface area (Å²) in [6.07, 6.45) is 0. The van der Waals surface area contributed by atoms with Crippen molar-refractivity contribution in [1.82, 2.24) is 0 Å². The van der Waals surface area contributed by atoms with Crippen molar-refractivity contribution in [3.63, 3.8) is 0 Å². The maximum atomic E-state index is 5.12. The van der Waals surface area contributed by atoms with Gasteiger partial charge in [0.15, 0.2) is 16.8 Å². The summed E-state index contributed by atoms with van der Waals surface area (Å²) >= 11 is 0. The first-order chi connectivity index (χ1) is 7.62. The summed E-state index contributed by atoms with van der Waals surface area (Å²) < 4.78 is 20.5. The van der Waals surface area contributed by atoms with E-state index in [2.05, 4.69) is 0 Å². The van der Waals surface area contributed by atoms with Crippen LogP contribution in [-0.2, 0) is 18.1 Å². The molecule has 0 rings (SSSR count). The van der Waals surface area contributed by atoms with Crippen molar-refractivity contribution in [3.8, 4) is 0 Å². The fourth-order valence-electron chi connectivity index (χ4n) is 0.802. The lowest BCUT2D eigenvalue weighted by Gasteiger charge is -2.08. The first kappa shape index (κ1) is 19.0. The smallest absolute Gasteiger partial charge is 0.167 e. The van der Waals surface area contributed by atoms with E-state index < -0.39 is 16.8 Å². The van der Waals surface area contributed by atoms with Crippen LogP contribution in [-0.4, -0.2) is 39.8 Å². The van der Waals surface area contributed by atoms with Gasteiger partial charge in [0.05, 0.1) is 26.4 Å². The average Bonchev–Trinajstić information content (AvgIpc) is 2.20. The zero-order chi connectivity index (χ0) is 12.8. The number of hydrogen-bond acceptors (Lipinski definition) is 4. The van der Waals surface area contributed by atoms with E-state index in [9.17, 15) is 0 Å². The largest absolute Gasteiger partial charge is 0.335 e. The summed E-state index contributed by atoms with van der Waals surface area (Å²) in [5, 5.41) is 0. The zero-order valence-electron chi connectivity index (χ0n) is 11.4. The standard InChI is InChI=1S/2C5H13O2P/c2*1-4-6-8(3)7-5-2/h2*4-5H2,1-3H3. The zero-order valence-corrected chi connectivity index (χ0v) is 13.1. The highest BCUT2D eigenvalue weighted by atomic mass is 31.2. The van der Waals surface area contributed by atoms with Gasteiger partial charge in [-0.3, -0.25) is 0 Å². The van der Waals surface area contributed by atoms with Crippen molar-refractivity contribution >= 4 is 16.8 Å². The molecule has 0 spiro atoms. The van der Waals surface area contributed by atoms with Crippen LogP contribution in [0.4, 0.5) is 0 Å². The maximum Gasteiger partial charge on any atom is 0.167 e. The van der Waals surface area contributed by atoms with Crippen LogP contribution >= 0.6 is 16.8 Å². The van der Waals surface area contributed by atoms with E-state index in [-0.39, 0.29) is 0 Å². The Bertz CT molecular complexity index is 101. The summed E-state index contributed by atoms with van der Waals surface area (Å²) in [7, 11) is -1.16. The molecule has 0 atom stereocenters.